The van der Waals surface area contributed by atoms with Crippen molar-refractivity contribution in [3.8, 4) is 0 Å². The predicted molar refractivity (Wildman–Crippen MR) is 279 cm³/mol. The number of anilines is 1. The highest BCUT2D eigenvalue weighted by atomic mass is 31.3. The number of ether oxygens (including phenoxy) is 3. The third kappa shape index (κ3) is 26.9. The average molecular weight is 1090 g/mol. The molecule has 0 saturated heterocycles. The van der Waals surface area contributed by atoms with E-state index in [9.17, 15) is 53.4 Å². The molecule has 1 aromatic heterocycles. The summed E-state index contributed by atoms with van der Waals surface area (Å²) in [5.74, 6) is -4.69. The Hall–Kier alpha value is -3.65. The highest BCUT2D eigenvalue weighted by Gasteiger charge is 2.42. The minimum Gasteiger partial charge on any atom is -0.462 e. The molecule has 0 radical (unpaired) electrons. The third-order valence-corrected chi connectivity index (χ3v) is 15.2. The Kier molecular flexibility index (Phi) is 31.8. The van der Waals surface area contributed by atoms with Crippen LogP contribution in [0.15, 0.2) is 65.7 Å². The van der Waals surface area contributed by atoms with E-state index in [1.165, 1.54) is 69.0 Å². The zero-order valence-corrected chi connectivity index (χ0v) is 45.3. The van der Waals surface area contributed by atoms with Crippen molar-refractivity contribution in [2.24, 2.45) is 11.8 Å². The number of carbonyl (C=O) groups excluding carboxylic acids is 3. The molecule has 0 aromatic carbocycles. The summed E-state index contributed by atoms with van der Waals surface area (Å²) in [7, 11) is -11.2. The Morgan fingerprint density at radius 3 is 2.14 bits per heavy atom. The van der Waals surface area contributed by atoms with E-state index in [2.05, 4.69) is 28.4 Å². The lowest BCUT2D eigenvalue weighted by molar-refractivity contribution is -0.167. The maximum absolute atomic E-state index is 13.8. The van der Waals surface area contributed by atoms with Crippen LogP contribution >= 0.6 is 15.6 Å². The molecule has 0 spiro atoms. The van der Waals surface area contributed by atoms with Crippen LogP contribution in [0.2, 0.25) is 0 Å². The number of hydrogen-bond donors (Lipinski definition) is 6. The van der Waals surface area contributed by atoms with Crippen molar-refractivity contribution >= 4 is 39.2 Å². The SMILES string of the molecule is CCCCCCCC/C=C\CCCCCCCCCC(=O)O[C@@H]1COC(=O)CCCC=CC[C@H]2C=CC(=O)[C@H](/C=C/[C@@H](O)CCCCC)[C@H](O)[C@H](O)[C@@H](COP(=O)(O)OP(=O)(O)OC1)O[C@H]2n1ccc(N)nc1=O. The van der Waals surface area contributed by atoms with Gasteiger partial charge in [0.15, 0.2) is 11.9 Å². The highest BCUT2D eigenvalue weighted by molar-refractivity contribution is 7.61. The minimum atomic E-state index is -5.68. The van der Waals surface area contributed by atoms with Gasteiger partial charge in [-0.1, -0.05) is 140 Å². The van der Waals surface area contributed by atoms with Gasteiger partial charge in [-0.15, -0.1) is 0 Å². The van der Waals surface area contributed by atoms with Gasteiger partial charge in [0.1, 0.15) is 30.9 Å². The van der Waals surface area contributed by atoms with Gasteiger partial charge in [0.2, 0.25) is 0 Å². The fourth-order valence-corrected chi connectivity index (χ4v) is 10.4. The van der Waals surface area contributed by atoms with Crippen molar-refractivity contribution in [2.45, 2.75) is 205 Å². The van der Waals surface area contributed by atoms with Gasteiger partial charge >= 0.3 is 33.3 Å². The van der Waals surface area contributed by atoms with Gasteiger partial charge in [-0.05, 0) is 69.9 Å². The Bertz CT molecular complexity index is 2080. The van der Waals surface area contributed by atoms with Gasteiger partial charge < -0.3 is 45.1 Å². The molecule has 22 heteroatoms. The lowest BCUT2D eigenvalue weighted by Crippen LogP contribution is -2.49. The minimum absolute atomic E-state index is 0.00408. The Labute approximate surface area is 437 Å². The van der Waals surface area contributed by atoms with E-state index in [1.807, 2.05) is 6.92 Å². The quantitative estimate of drug-likeness (QED) is 0.0230. The first kappa shape index (κ1) is 64.6. The van der Waals surface area contributed by atoms with Crippen molar-refractivity contribution in [3.63, 3.8) is 0 Å². The number of phosphoric ester groups is 2. The molecule has 2 aliphatic heterocycles. The van der Waals surface area contributed by atoms with Crippen LogP contribution < -0.4 is 11.4 Å². The number of nitrogens with two attached hydrogens (primary N) is 1. The van der Waals surface area contributed by atoms with Crippen molar-refractivity contribution in [3.05, 3.63) is 71.4 Å². The number of aliphatic hydroxyl groups excluding tert-OH is 3. The Morgan fingerprint density at radius 1 is 0.851 bits per heavy atom. The summed E-state index contributed by atoms with van der Waals surface area (Å²) in [6.45, 7) is 1.56. The summed E-state index contributed by atoms with van der Waals surface area (Å²) >= 11 is 0. The molecule has 0 saturated carbocycles. The lowest BCUT2D eigenvalue weighted by atomic mass is 9.88. The number of allylic oxidation sites excluding steroid dienone is 5. The maximum Gasteiger partial charge on any atom is 0.481 e. The van der Waals surface area contributed by atoms with E-state index in [1.54, 1.807) is 12.2 Å². The lowest BCUT2D eigenvalue weighted by Gasteiger charge is -2.36. The summed E-state index contributed by atoms with van der Waals surface area (Å²) in [5.41, 5.74) is 4.84. The van der Waals surface area contributed by atoms with Crippen molar-refractivity contribution < 1.29 is 76.2 Å². The van der Waals surface area contributed by atoms with Crippen molar-refractivity contribution in [1.29, 1.82) is 0 Å². The fourth-order valence-electron chi connectivity index (χ4n) is 8.34. The number of cyclic esters (lactones) is 1. The third-order valence-electron chi connectivity index (χ3n) is 12.6. The number of esters is 2. The molecule has 2 aliphatic rings. The number of ketones is 1. The van der Waals surface area contributed by atoms with Gasteiger partial charge in [-0.3, -0.25) is 28.0 Å². The molecule has 7 N–H and O–H groups in total. The highest BCUT2D eigenvalue weighted by Crippen LogP contribution is 2.60. The molecule has 2 bridgehead atoms. The molecule has 420 valence electrons. The number of aromatic nitrogens is 2. The molecule has 1 aromatic rings. The van der Waals surface area contributed by atoms with Crippen molar-refractivity contribution in [1.82, 2.24) is 9.55 Å². The van der Waals surface area contributed by atoms with Crippen LogP contribution in [0.5, 0.6) is 0 Å². The first-order valence-corrected chi connectivity index (χ1v) is 29.7. The number of nitrogens with zero attached hydrogens (tertiary/aromatic N) is 2. The zero-order chi connectivity index (χ0) is 54.2. The molecule has 0 aliphatic carbocycles. The molecule has 20 nitrogen and oxygen atoms in total. The molecule has 3 heterocycles. The summed E-state index contributed by atoms with van der Waals surface area (Å²) in [5, 5.41) is 33.9. The van der Waals surface area contributed by atoms with Crippen molar-refractivity contribution in [2.75, 3.05) is 25.6 Å². The predicted octanol–water partition coefficient (Wildman–Crippen LogP) is 8.95. The van der Waals surface area contributed by atoms with Gasteiger partial charge in [0.25, 0.3) is 0 Å². The molecule has 74 heavy (non-hydrogen) atoms. The van der Waals surface area contributed by atoms with Gasteiger partial charge in [0, 0.05) is 25.0 Å². The normalized spacial score (nSPS) is 27.7. The molecule has 0 fully saturated rings. The number of aliphatic hydroxyl groups is 3. The second-order valence-corrected chi connectivity index (χ2v) is 22.1. The smallest absolute Gasteiger partial charge is 0.462 e. The number of nitrogen functional groups attached to an aromatic ring is 1. The molecular formula is C52H85N3O17P2. The maximum atomic E-state index is 13.8. The second kappa shape index (κ2) is 36.4. The van der Waals surface area contributed by atoms with Crippen LogP contribution in [0.1, 0.15) is 174 Å². The topological polar surface area (TPSA) is 303 Å². The van der Waals surface area contributed by atoms with Crippen LogP contribution in [-0.2, 0) is 51.1 Å². The monoisotopic (exact) mass is 1090 g/mol. The number of rotatable bonds is 25. The molecule has 10 atom stereocenters. The van der Waals surface area contributed by atoms with Gasteiger partial charge in [0.05, 0.1) is 31.3 Å². The van der Waals surface area contributed by atoms with Crippen LogP contribution in [0.3, 0.4) is 0 Å². The first-order chi connectivity index (χ1) is 35.4. The summed E-state index contributed by atoms with van der Waals surface area (Å²) in [6.07, 6.45) is 24.3. The van der Waals surface area contributed by atoms with E-state index in [4.69, 9.17) is 29.0 Å². The summed E-state index contributed by atoms with van der Waals surface area (Å²) in [4.78, 5) is 78.0. The summed E-state index contributed by atoms with van der Waals surface area (Å²) in [6, 6.07) is 1.28. The van der Waals surface area contributed by atoms with Crippen LogP contribution in [0, 0.1) is 11.8 Å². The number of hydrogen-bond acceptors (Lipinski definition) is 17. The number of fused-ring (bicyclic) bond motifs is 3. The van der Waals surface area contributed by atoms with Gasteiger partial charge in [-0.2, -0.15) is 9.29 Å². The molecular weight excluding hydrogens is 1000 g/mol. The molecule has 2 unspecified atom stereocenters. The number of unbranched alkanes of at least 4 members (excludes halogenated alkanes) is 15. The number of phosphoric acid groups is 2. The van der Waals surface area contributed by atoms with Crippen LogP contribution in [0.4, 0.5) is 5.82 Å². The Balaban J connectivity index is 1.74. The largest absolute Gasteiger partial charge is 0.481 e. The molecule has 0 amide bonds. The fraction of sp³-hybridized carbons (Fsp3) is 0.712. The van der Waals surface area contributed by atoms with Gasteiger partial charge in [-0.25, -0.2) is 13.9 Å². The number of carbonyl (C=O) groups is 3. The summed E-state index contributed by atoms with van der Waals surface area (Å²) < 4.78 is 59.2. The van der Waals surface area contributed by atoms with Crippen LogP contribution in [-0.4, -0.2) is 103 Å². The van der Waals surface area contributed by atoms with E-state index in [0.717, 1.165) is 74.9 Å². The molecule has 3 rings (SSSR count). The van der Waals surface area contributed by atoms with Crippen LogP contribution in [0.25, 0.3) is 0 Å². The zero-order valence-electron chi connectivity index (χ0n) is 43.5. The first-order valence-electron chi connectivity index (χ1n) is 26.7. The Morgan fingerprint density at radius 2 is 1.47 bits per heavy atom. The van der Waals surface area contributed by atoms with E-state index in [-0.39, 0.29) is 25.1 Å². The van der Waals surface area contributed by atoms with E-state index in [0.29, 0.717) is 32.1 Å². The van der Waals surface area contributed by atoms with E-state index < -0.39 is 107 Å². The average Bonchev–Trinajstić information content (AvgIpc) is 3.34. The second-order valence-electron chi connectivity index (χ2n) is 19.0. The standard InChI is InChI=1S/C52H85N3O17P2/c1-3-5-7-8-9-10-11-12-13-14-15-16-17-18-19-20-26-30-48(59)70-42-37-67-47(58)29-25-22-21-24-27-40-31-34-44(57)43(33-32-41(56)28-23-6-4-2)49(60)50(61)45(39-69-74(65,66)72-73(63,64)68-38-42)71-51(40)55-36-35-46(53)54-52(55)62/h12-13,21,24,31-36,40-43,45,49-51,56,60-61H,3-11,14-20,22-23,25-30,37-39H2,1-2H3,(H,63,64)(H,65,66)(H2,53,54,62)/b13-12-,24-21?,33-32+,34-31?/t40-,41-,42+,43-,45+,49-,50+,51+/m0/s1. The van der Waals surface area contributed by atoms with E-state index >= 15 is 0 Å².